The van der Waals surface area contributed by atoms with Crippen LogP contribution in [0.4, 0.5) is 0 Å². The molecule has 0 saturated carbocycles. The summed E-state index contributed by atoms with van der Waals surface area (Å²) in [4.78, 5) is 0. The molecule has 0 aromatic rings. The molecule has 0 aliphatic rings. The maximum absolute atomic E-state index is 9.62. The third kappa shape index (κ3) is 19.9. The monoisotopic (exact) mass is 346 g/mol. The largest absolute Gasteiger partial charge is 0.391 e. The Morgan fingerprint density at radius 2 is 1.08 bits per heavy atom. The van der Waals surface area contributed by atoms with Crippen molar-refractivity contribution in [3.8, 4) is 0 Å². The van der Waals surface area contributed by atoms with E-state index in [9.17, 15) is 5.11 Å². The van der Waals surface area contributed by atoms with Gasteiger partial charge in [0.25, 0.3) is 0 Å². The molecule has 0 aromatic heterocycles. The number of unbranched alkanes of at least 4 members (excludes halogenated alkanes) is 11. The first-order valence-electron chi connectivity index (χ1n) is 10.2. The lowest BCUT2D eigenvalue weighted by molar-refractivity contribution is -0.0368. The van der Waals surface area contributed by atoms with Gasteiger partial charge in [-0.1, -0.05) is 77.6 Å². The van der Waals surface area contributed by atoms with Crippen LogP contribution in [0.1, 0.15) is 90.9 Å². The summed E-state index contributed by atoms with van der Waals surface area (Å²) in [5.74, 6) is 0. The Morgan fingerprint density at radius 3 is 1.58 bits per heavy atom. The van der Waals surface area contributed by atoms with Crippen LogP contribution < -0.4 is 0 Å². The van der Waals surface area contributed by atoms with Crippen molar-refractivity contribution in [2.45, 2.75) is 103 Å². The van der Waals surface area contributed by atoms with Gasteiger partial charge in [0.15, 0.2) is 0 Å². The molecule has 0 saturated heterocycles. The fraction of sp³-hybridized carbons (Fsp3) is 1.00. The van der Waals surface area contributed by atoms with Crippen molar-refractivity contribution in [1.82, 2.24) is 0 Å². The van der Waals surface area contributed by atoms with Crippen LogP contribution in [0.2, 0.25) is 0 Å². The molecule has 2 N–H and O–H groups in total. The zero-order valence-corrected chi connectivity index (χ0v) is 16.2. The molecule has 0 radical (unpaired) electrons. The van der Waals surface area contributed by atoms with Crippen LogP contribution >= 0.6 is 0 Å². The van der Waals surface area contributed by atoms with Gasteiger partial charge >= 0.3 is 0 Å². The third-order valence-corrected chi connectivity index (χ3v) is 4.12. The van der Waals surface area contributed by atoms with Gasteiger partial charge in [-0.2, -0.15) is 0 Å². The summed E-state index contributed by atoms with van der Waals surface area (Å²) in [6.07, 6.45) is 15.0. The molecule has 0 fully saturated rings. The minimum Gasteiger partial charge on any atom is -0.391 e. The van der Waals surface area contributed by atoms with Crippen molar-refractivity contribution in [2.24, 2.45) is 0 Å². The zero-order valence-electron chi connectivity index (χ0n) is 16.2. The molecule has 0 aliphatic heterocycles. The van der Waals surface area contributed by atoms with Gasteiger partial charge in [0.1, 0.15) is 6.10 Å². The standard InChI is InChI=1S/C20H42O4/c1-3-4-5-6-7-8-9-10-11-12-13-14-15-23-17-20(22)18-24-16-19(2)21/h19-22H,3-18H2,1-2H3. The lowest BCUT2D eigenvalue weighted by atomic mass is 10.1. The zero-order chi connectivity index (χ0) is 17.9. The van der Waals surface area contributed by atoms with Crippen LogP contribution in [0.3, 0.4) is 0 Å². The van der Waals surface area contributed by atoms with Crippen molar-refractivity contribution in [3.63, 3.8) is 0 Å². The molecular weight excluding hydrogens is 304 g/mol. The molecule has 0 spiro atoms. The predicted octanol–water partition coefficient (Wildman–Crippen LogP) is 4.46. The molecule has 4 heteroatoms. The number of hydrogen-bond acceptors (Lipinski definition) is 4. The first-order valence-corrected chi connectivity index (χ1v) is 10.2. The van der Waals surface area contributed by atoms with Gasteiger partial charge < -0.3 is 19.7 Å². The molecular formula is C20H42O4. The van der Waals surface area contributed by atoms with Gasteiger partial charge in [-0.05, 0) is 13.3 Å². The lowest BCUT2D eigenvalue weighted by Crippen LogP contribution is -2.24. The quantitative estimate of drug-likeness (QED) is 0.339. The van der Waals surface area contributed by atoms with E-state index in [1.165, 1.54) is 70.6 Å². The topological polar surface area (TPSA) is 58.9 Å². The molecule has 0 rings (SSSR count). The molecule has 146 valence electrons. The summed E-state index contributed by atoms with van der Waals surface area (Å²) >= 11 is 0. The summed E-state index contributed by atoms with van der Waals surface area (Å²) in [5, 5.41) is 18.7. The van der Waals surface area contributed by atoms with E-state index in [-0.39, 0.29) is 13.2 Å². The molecule has 0 aliphatic carbocycles. The lowest BCUT2D eigenvalue weighted by Gasteiger charge is -2.12. The minimum atomic E-state index is -0.596. The van der Waals surface area contributed by atoms with Gasteiger partial charge in [0, 0.05) is 6.61 Å². The summed E-state index contributed by atoms with van der Waals surface area (Å²) in [6.45, 7) is 5.44. The summed E-state index contributed by atoms with van der Waals surface area (Å²) in [5.41, 5.74) is 0. The van der Waals surface area contributed by atoms with Gasteiger partial charge in [-0.25, -0.2) is 0 Å². The highest BCUT2D eigenvalue weighted by atomic mass is 16.5. The maximum atomic E-state index is 9.62. The van der Waals surface area contributed by atoms with Crippen LogP contribution in [0.25, 0.3) is 0 Å². The van der Waals surface area contributed by atoms with Crippen LogP contribution in [-0.2, 0) is 9.47 Å². The molecule has 24 heavy (non-hydrogen) atoms. The Hall–Kier alpha value is -0.160. The number of ether oxygens (including phenoxy) is 2. The highest BCUT2D eigenvalue weighted by Gasteiger charge is 2.05. The smallest absolute Gasteiger partial charge is 0.101 e. The molecule has 0 bridgehead atoms. The number of hydrogen-bond donors (Lipinski definition) is 2. The third-order valence-electron chi connectivity index (χ3n) is 4.12. The number of aliphatic hydroxyl groups is 2. The first-order chi connectivity index (χ1) is 11.7. The van der Waals surface area contributed by atoms with Crippen molar-refractivity contribution in [1.29, 1.82) is 0 Å². The Labute approximate surface area is 149 Å². The van der Waals surface area contributed by atoms with Gasteiger partial charge in [-0.3, -0.25) is 0 Å². The van der Waals surface area contributed by atoms with Gasteiger partial charge in [0.2, 0.25) is 0 Å². The molecule has 0 aromatic carbocycles. The second-order valence-electron chi connectivity index (χ2n) is 7.00. The molecule has 0 heterocycles. The summed E-state index contributed by atoms with van der Waals surface area (Å²) < 4.78 is 10.6. The Bertz CT molecular complexity index is 234. The SMILES string of the molecule is CCCCCCCCCCCCCCOCC(O)COCC(C)O. The first kappa shape index (κ1) is 23.8. The van der Waals surface area contributed by atoms with Gasteiger partial charge in [0.05, 0.1) is 25.9 Å². The van der Waals surface area contributed by atoms with Crippen molar-refractivity contribution >= 4 is 0 Å². The van der Waals surface area contributed by atoms with E-state index in [2.05, 4.69) is 6.92 Å². The van der Waals surface area contributed by atoms with Crippen LogP contribution in [-0.4, -0.2) is 48.8 Å². The van der Waals surface area contributed by atoms with E-state index >= 15 is 0 Å². The Morgan fingerprint density at radius 1 is 0.625 bits per heavy atom. The minimum absolute atomic E-state index is 0.226. The highest BCUT2D eigenvalue weighted by Crippen LogP contribution is 2.11. The van der Waals surface area contributed by atoms with Crippen LogP contribution in [0, 0.1) is 0 Å². The van der Waals surface area contributed by atoms with E-state index < -0.39 is 12.2 Å². The molecule has 4 nitrogen and oxygen atoms in total. The van der Waals surface area contributed by atoms with Crippen LogP contribution in [0.5, 0.6) is 0 Å². The fourth-order valence-corrected chi connectivity index (χ4v) is 2.69. The van der Waals surface area contributed by atoms with E-state index in [0.29, 0.717) is 13.2 Å². The van der Waals surface area contributed by atoms with E-state index in [1.54, 1.807) is 6.92 Å². The second kappa shape index (κ2) is 19.2. The van der Waals surface area contributed by atoms with Crippen molar-refractivity contribution < 1.29 is 19.7 Å². The number of rotatable bonds is 19. The summed E-state index contributed by atoms with van der Waals surface area (Å²) in [6, 6.07) is 0. The normalized spacial score (nSPS) is 14.0. The predicted molar refractivity (Wildman–Crippen MR) is 100 cm³/mol. The average Bonchev–Trinajstić information content (AvgIpc) is 2.55. The Kier molecular flexibility index (Phi) is 19.0. The molecule has 2 unspecified atom stereocenters. The maximum Gasteiger partial charge on any atom is 0.101 e. The van der Waals surface area contributed by atoms with E-state index in [1.807, 2.05) is 0 Å². The van der Waals surface area contributed by atoms with Crippen molar-refractivity contribution in [2.75, 3.05) is 26.4 Å². The van der Waals surface area contributed by atoms with E-state index in [4.69, 9.17) is 14.6 Å². The average molecular weight is 347 g/mol. The van der Waals surface area contributed by atoms with Crippen molar-refractivity contribution in [3.05, 3.63) is 0 Å². The van der Waals surface area contributed by atoms with E-state index in [0.717, 1.165) is 6.42 Å². The highest BCUT2D eigenvalue weighted by molar-refractivity contribution is 4.53. The van der Waals surface area contributed by atoms with Crippen LogP contribution in [0.15, 0.2) is 0 Å². The molecule has 0 amide bonds. The fourth-order valence-electron chi connectivity index (χ4n) is 2.69. The van der Waals surface area contributed by atoms with Gasteiger partial charge in [-0.15, -0.1) is 0 Å². The molecule has 2 atom stereocenters. The second-order valence-corrected chi connectivity index (χ2v) is 7.00. The summed E-state index contributed by atoms with van der Waals surface area (Å²) in [7, 11) is 0. The Balaban J connectivity index is 3.09. The number of aliphatic hydroxyl groups excluding tert-OH is 2.